The number of thiophene rings is 1. The van der Waals surface area contributed by atoms with Crippen molar-refractivity contribution in [3.63, 3.8) is 0 Å². The highest BCUT2D eigenvalue weighted by molar-refractivity contribution is 7.18. The molecular weight excluding hydrogens is 452 g/mol. The van der Waals surface area contributed by atoms with Gasteiger partial charge in [0.1, 0.15) is 5.82 Å². The molecule has 2 aromatic carbocycles. The summed E-state index contributed by atoms with van der Waals surface area (Å²) in [5.41, 5.74) is 6.48. The Hall–Kier alpha value is -2.94. The molecular formula is C20H14Cl2FN3O3S. The Morgan fingerprint density at radius 2 is 1.60 bits per heavy atom. The smallest absolute Gasteiger partial charge is 0.266 e. The van der Waals surface area contributed by atoms with E-state index in [2.05, 4.69) is 10.6 Å². The molecule has 0 atom stereocenters. The molecule has 10 heteroatoms. The van der Waals surface area contributed by atoms with Crippen molar-refractivity contribution in [2.75, 3.05) is 10.6 Å². The van der Waals surface area contributed by atoms with Gasteiger partial charge in [-0.05, 0) is 55.0 Å². The van der Waals surface area contributed by atoms with Crippen LogP contribution in [0.2, 0.25) is 10.0 Å². The minimum atomic E-state index is -0.673. The topological polar surface area (TPSA) is 101 Å². The first kappa shape index (κ1) is 21.8. The molecule has 4 N–H and O–H groups in total. The third kappa shape index (κ3) is 4.79. The maximum absolute atomic E-state index is 13.2. The van der Waals surface area contributed by atoms with Crippen molar-refractivity contribution in [3.8, 4) is 0 Å². The number of primary amides is 1. The van der Waals surface area contributed by atoms with Crippen LogP contribution in [-0.4, -0.2) is 17.7 Å². The van der Waals surface area contributed by atoms with Gasteiger partial charge in [-0.15, -0.1) is 11.3 Å². The zero-order valence-electron chi connectivity index (χ0n) is 15.4. The second-order valence-corrected chi connectivity index (χ2v) is 8.08. The van der Waals surface area contributed by atoms with Gasteiger partial charge < -0.3 is 16.4 Å². The minimum Gasteiger partial charge on any atom is -0.366 e. The highest BCUT2D eigenvalue weighted by atomic mass is 35.5. The number of halogens is 3. The van der Waals surface area contributed by atoms with Gasteiger partial charge in [0, 0.05) is 5.69 Å². The molecule has 0 aliphatic heterocycles. The summed E-state index contributed by atoms with van der Waals surface area (Å²) in [6, 6.07) is 9.43. The Morgan fingerprint density at radius 1 is 0.933 bits per heavy atom. The Morgan fingerprint density at radius 3 is 2.23 bits per heavy atom. The molecule has 0 fully saturated rings. The average Bonchev–Trinajstić information content (AvgIpc) is 3.01. The molecule has 0 radical (unpaired) electrons. The van der Waals surface area contributed by atoms with Crippen LogP contribution in [0.5, 0.6) is 0 Å². The van der Waals surface area contributed by atoms with Gasteiger partial charge in [-0.3, -0.25) is 14.4 Å². The molecule has 3 amide bonds. The lowest BCUT2D eigenvalue weighted by Crippen LogP contribution is -2.14. The first-order valence-corrected chi connectivity index (χ1v) is 10.0. The van der Waals surface area contributed by atoms with Crippen molar-refractivity contribution in [2.45, 2.75) is 6.92 Å². The van der Waals surface area contributed by atoms with Crippen LogP contribution < -0.4 is 16.4 Å². The zero-order valence-corrected chi connectivity index (χ0v) is 17.7. The van der Waals surface area contributed by atoms with Gasteiger partial charge in [0.25, 0.3) is 11.8 Å². The Bertz CT molecular complexity index is 1180. The van der Waals surface area contributed by atoms with Crippen molar-refractivity contribution < 1.29 is 18.8 Å². The van der Waals surface area contributed by atoms with Crippen molar-refractivity contribution in [3.05, 3.63) is 79.9 Å². The molecule has 0 saturated carbocycles. The standard InChI is InChI=1S/C20H14Cl2FN3O3S/c1-9-6-16(26-19(28)13-4-2-10(23)7-14(13)21)30-17(9)20(29)25-11-3-5-12(18(24)27)15(22)8-11/h2-8H,1H3,(H2,24,27)(H,25,29)(H,26,28). The molecule has 0 bridgehead atoms. The van der Waals surface area contributed by atoms with Crippen molar-refractivity contribution in [2.24, 2.45) is 5.73 Å². The molecule has 154 valence electrons. The highest BCUT2D eigenvalue weighted by Crippen LogP contribution is 2.29. The number of rotatable bonds is 5. The van der Waals surface area contributed by atoms with Crippen LogP contribution in [0, 0.1) is 12.7 Å². The van der Waals surface area contributed by atoms with E-state index in [9.17, 15) is 18.8 Å². The van der Waals surface area contributed by atoms with E-state index in [1.54, 1.807) is 13.0 Å². The van der Waals surface area contributed by atoms with Crippen molar-refractivity contribution in [1.29, 1.82) is 0 Å². The van der Waals surface area contributed by atoms with Gasteiger partial charge in [-0.25, -0.2) is 4.39 Å². The van der Waals surface area contributed by atoms with Gasteiger partial charge in [0.05, 0.1) is 31.1 Å². The van der Waals surface area contributed by atoms with Crippen LogP contribution in [-0.2, 0) is 0 Å². The molecule has 0 saturated heterocycles. The molecule has 1 aromatic heterocycles. The monoisotopic (exact) mass is 465 g/mol. The lowest BCUT2D eigenvalue weighted by molar-refractivity contribution is 0.0997. The number of aryl methyl sites for hydroxylation is 1. The Kier molecular flexibility index (Phi) is 6.40. The molecule has 30 heavy (non-hydrogen) atoms. The number of nitrogens with two attached hydrogens (primary N) is 1. The second-order valence-electron chi connectivity index (χ2n) is 6.21. The van der Waals surface area contributed by atoms with Crippen molar-refractivity contribution >= 4 is 62.9 Å². The predicted octanol–water partition coefficient (Wildman–Crippen LogP) is 5.11. The summed E-state index contributed by atoms with van der Waals surface area (Å²) >= 11 is 13.0. The number of amides is 3. The van der Waals surface area contributed by atoms with E-state index in [1.807, 2.05) is 0 Å². The van der Waals surface area contributed by atoms with Crippen LogP contribution in [0.15, 0.2) is 42.5 Å². The van der Waals surface area contributed by atoms with E-state index in [1.165, 1.54) is 24.3 Å². The number of hydrogen-bond donors (Lipinski definition) is 3. The largest absolute Gasteiger partial charge is 0.366 e. The first-order valence-electron chi connectivity index (χ1n) is 8.43. The normalized spacial score (nSPS) is 10.5. The number of carbonyl (C=O) groups is 3. The van der Waals surface area contributed by atoms with Gasteiger partial charge in [-0.2, -0.15) is 0 Å². The SMILES string of the molecule is Cc1cc(NC(=O)c2ccc(F)cc2Cl)sc1C(=O)Nc1ccc(C(N)=O)c(Cl)c1. The number of hydrogen-bond acceptors (Lipinski definition) is 4. The maximum atomic E-state index is 13.2. The molecule has 0 unspecified atom stereocenters. The number of benzene rings is 2. The fourth-order valence-electron chi connectivity index (χ4n) is 2.60. The van der Waals surface area contributed by atoms with E-state index in [-0.39, 0.29) is 21.2 Å². The molecule has 6 nitrogen and oxygen atoms in total. The summed E-state index contributed by atoms with van der Waals surface area (Å²) in [6.45, 7) is 1.72. The van der Waals surface area contributed by atoms with Crippen LogP contribution in [0.1, 0.15) is 36.0 Å². The Labute approximate surface area is 184 Å². The van der Waals surface area contributed by atoms with Crippen LogP contribution in [0.3, 0.4) is 0 Å². The summed E-state index contributed by atoms with van der Waals surface area (Å²) in [7, 11) is 0. The number of nitrogens with one attached hydrogen (secondary N) is 2. The van der Waals surface area contributed by atoms with Gasteiger partial charge in [0.15, 0.2) is 0 Å². The quantitative estimate of drug-likeness (QED) is 0.487. The summed E-state index contributed by atoms with van der Waals surface area (Å²) in [6.07, 6.45) is 0. The molecule has 0 aliphatic rings. The third-order valence-electron chi connectivity index (χ3n) is 4.03. The van der Waals surface area contributed by atoms with Crippen LogP contribution >= 0.6 is 34.5 Å². The van der Waals surface area contributed by atoms with Gasteiger partial charge in [0.2, 0.25) is 5.91 Å². The molecule has 3 rings (SSSR count). The number of anilines is 2. The predicted molar refractivity (Wildman–Crippen MR) is 116 cm³/mol. The fraction of sp³-hybridized carbons (Fsp3) is 0.0500. The lowest BCUT2D eigenvalue weighted by Gasteiger charge is -2.07. The second kappa shape index (κ2) is 8.83. The summed E-state index contributed by atoms with van der Waals surface area (Å²) in [5.74, 6) is -2.16. The van der Waals surface area contributed by atoms with E-state index in [0.717, 1.165) is 23.5 Å². The average molecular weight is 466 g/mol. The van der Waals surface area contributed by atoms with Gasteiger partial charge in [-0.1, -0.05) is 23.2 Å². The molecule has 1 heterocycles. The summed E-state index contributed by atoms with van der Waals surface area (Å²) in [4.78, 5) is 36.6. The number of carbonyl (C=O) groups excluding carboxylic acids is 3. The van der Waals surface area contributed by atoms with E-state index >= 15 is 0 Å². The molecule has 3 aromatic rings. The summed E-state index contributed by atoms with van der Waals surface area (Å²) in [5, 5.41) is 5.85. The minimum absolute atomic E-state index is 0.0185. The molecule has 0 aliphatic carbocycles. The molecule has 0 spiro atoms. The van der Waals surface area contributed by atoms with Gasteiger partial charge >= 0.3 is 0 Å². The third-order valence-corrected chi connectivity index (χ3v) is 5.81. The summed E-state index contributed by atoms with van der Waals surface area (Å²) < 4.78 is 13.2. The van der Waals surface area contributed by atoms with Crippen LogP contribution in [0.4, 0.5) is 15.1 Å². The first-order chi connectivity index (χ1) is 14.2. The van der Waals surface area contributed by atoms with E-state index in [4.69, 9.17) is 28.9 Å². The van der Waals surface area contributed by atoms with E-state index in [0.29, 0.717) is 21.1 Å². The van der Waals surface area contributed by atoms with Crippen LogP contribution in [0.25, 0.3) is 0 Å². The van der Waals surface area contributed by atoms with Crippen molar-refractivity contribution in [1.82, 2.24) is 0 Å². The highest BCUT2D eigenvalue weighted by Gasteiger charge is 2.18. The Balaban J connectivity index is 1.75. The lowest BCUT2D eigenvalue weighted by atomic mass is 10.2. The zero-order chi connectivity index (χ0) is 22.0. The van der Waals surface area contributed by atoms with E-state index < -0.39 is 23.5 Å². The maximum Gasteiger partial charge on any atom is 0.266 e. The fourth-order valence-corrected chi connectivity index (χ4v) is 4.09.